The molecule has 2 aromatic rings. The molecule has 0 saturated carbocycles. The van der Waals surface area contributed by atoms with Crippen molar-refractivity contribution in [2.24, 2.45) is 7.05 Å². The van der Waals surface area contributed by atoms with Crippen molar-refractivity contribution >= 4 is 17.4 Å². The number of nitrogens with two attached hydrogens (primary N) is 1. The van der Waals surface area contributed by atoms with Gasteiger partial charge in [-0.15, -0.1) is 0 Å². The Labute approximate surface area is 105 Å². The van der Waals surface area contributed by atoms with E-state index in [1.165, 1.54) is 0 Å². The summed E-state index contributed by atoms with van der Waals surface area (Å²) in [7, 11) is 1.87. The average Bonchev–Trinajstić information content (AvgIpc) is 2.78. The number of nitrogen functional groups attached to an aromatic ring is 1. The fourth-order valence-electron chi connectivity index (χ4n) is 2.38. The topological polar surface area (TPSA) is 72.9 Å². The Morgan fingerprint density at radius 2 is 2.22 bits per heavy atom. The van der Waals surface area contributed by atoms with E-state index in [0.717, 1.165) is 28.1 Å². The summed E-state index contributed by atoms with van der Waals surface area (Å²) < 4.78 is 1.77. The molecule has 1 aromatic heterocycles. The summed E-state index contributed by atoms with van der Waals surface area (Å²) in [5, 5.41) is 7.03. The summed E-state index contributed by atoms with van der Waals surface area (Å²) in [4.78, 5) is 11.3. The largest absolute Gasteiger partial charge is 0.382 e. The lowest BCUT2D eigenvalue weighted by atomic mass is 10.0. The van der Waals surface area contributed by atoms with Gasteiger partial charge in [-0.05, 0) is 30.2 Å². The molecule has 5 heteroatoms. The number of rotatable bonds is 1. The first-order chi connectivity index (χ1) is 8.56. The number of anilines is 2. The van der Waals surface area contributed by atoms with Crippen molar-refractivity contribution in [3.8, 4) is 11.1 Å². The van der Waals surface area contributed by atoms with Crippen molar-refractivity contribution in [1.29, 1.82) is 0 Å². The fourth-order valence-corrected chi connectivity index (χ4v) is 2.38. The van der Waals surface area contributed by atoms with Crippen molar-refractivity contribution in [2.75, 3.05) is 11.1 Å². The second-order valence-electron chi connectivity index (χ2n) is 4.57. The lowest BCUT2D eigenvalue weighted by Gasteiger charge is -2.05. The molecule has 0 fully saturated rings. The number of aryl methyl sites for hydroxylation is 1. The number of aromatic nitrogens is 2. The maximum atomic E-state index is 11.3. The first kappa shape index (κ1) is 10.8. The smallest absolute Gasteiger partial charge is 0.228 e. The van der Waals surface area contributed by atoms with E-state index in [0.29, 0.717) is 12.2 Å². The third-order valence-corrected chi connectivity index (χ3v) is 3.38. The molecule has 0 saturated heterocycles. The monoisotopic (exact) mass is 242 g/mol. The number of nitrogens with zero attached hydrogens (tertiary/aromatic N) is 2. The summed E-state index contributed by atoms with van der Waals surface area (Å²) >= 11 is 0. The van der Waals surface area contributed by atoms with Gasteiger partial charge in [-0.1, -0.05) is 6.07 Å². The van der Waals surface area contributed by atoms with Crippen LogP contribution >= 0.6 is 0 Å². The highest BCUT2D eigenvalue weighted by Crippen LogP contribution is 2.33. The molecule has 0 aliphatic carbocycles. The number of benzene rings is 1. The van der Waals surface area contributed by atoms with Crippen molar-refractivity contribution in [3.05, 3.63) is 29.5 Å². The quantitative estimate of drug-likeness (QED) is 0.795. The van der Waals surface area contributed by atoms with Crippen molar-refractivity contribution in [3.63, 3.8) is 0 Å². The maximum Gasteiger partial charge on any atom is 0.228 e. The van der Waals surface area contributed by atoms with Gasteiger partial charge in [0.05, 0.1) is 6.42 Å². The number of fused-ring (bicyclic) bond motifs is 1. The van der Waals surface area contributed by atoms with Gasteiger partial charge in [0.2, 0.25) is 5.91 Å². The predicted molar refractivity (Wildman–Crippen MR) is 70.1 cm³/mol. The summed E-state index contributed by atoms with van der Waals surface area (Å²) in [6.07, 6.45) is 0.433. The molecule has 3 rings (SSSR count). The molecular weight excluding hydrogens is 228 g/mol. The number of nitrogens with one attached hydrogen (secondary N) is 1. The number of carbonyl (C=O) groups is 1. The zero-order chi connectivity index (χ0) is 12.9. The Kier molecular flexibility index (Phi) is 2.16. The van der Waals surface area contributed by atoms with Crippen LogP contribution < -0.4 is 11.1 Å². The van der Waals surface area contributed by atoms with Crippen LogP contribution in [-0.2, 0) is 18.3 Å². The van der Waals surface area contributed by atoms with Gasteiger partial charge in [0.1, 0.15) is 0 Å². The second kappa shape index (κ2) is 3.60. The minimum atomic E-state index is 0.0398. The average molecular weight is 242 g/mol. The van der Waals surface area contributed by atoms with Crippen LogP contribution in [-0.4, -0.2) is 15.7 Å². The van der Waals surface area contributed by atoms with Crippen LogP contribution in [0.1, 0.15) is 11.3 Å². The Morgan fingerprint density at radius 3 is 2.89 bits per heavy atom. The Morgan fingerprint density at radius 1 is 1.44 bits per heavy atom. The number of hydrogen-bond donors (Lipinski definition) is 2. The van der Waals surface area contributed by atoms with E-state index in [1.807, 2.05) is 32.2 Å². The fraction of sp³-hybridized carbons (Fsp3) is 0.231. The van der Waals surface area contributed by atoms with Crippen molar-refractivity contribution in [2.45, 2.75) is 13.3 Å². The Balaban J connectivity index is 2.14. The molecule has 1 amide bonds. The van der Waals surface area contributed by atoms with E-state index >= 15 is 0 Å². The molecule has 0 radical (unpaired) electrons. The van der Waals surface area contributed by atoms with Gasteiger partial charge in [-0.3, -0.25) is 9.48 Å². The zero-order valence-corrected chi connectivity index (χ0v) is 10.3. The minimum Gasteiger partial charge on any atom is -0.382 e. The molecule has 5 nitrogen and oxygen atoms in total. The molecule has 1 aliphatic heterocycles. The summed E-state index contributed by atoms with van der Waals surface area (Å²) in [6, 6.07) is 5.89. The number of amides is 1. The first-order valence-corrected chi connectivity index (χ1v) is 5.78. The SMILES string of the molecule is Cc1c(-c2ccc3c(c2)CC(=O)N3)c(N)nn1C. The van der Waals surface area contributed by atoms with E-state index < -0.39 is 0 Å². The third-order valence-electron chi connectivity index (χ3n) is 3.38. The highest BCUT2D eigenvalue weighted by atomic mass is 16.1. The molecule has 0 unspecified atom stereocenters. The third kappa shape index (κ3) is 1.48. The number of hydrogen-bond acceptors (Lipinski definition) is 3. The van der Waals surface area contributed by atoms with Gasteiger partial charge >= 0.3 is 0 Å². The van der Waals surface area contributed by atoms with Crippen molar-refractivity contribution in [1.82, 2.24) is 9.78 Å². The molecule has 3 N–H and O–H groups in total. The molecular formula is C13H14N4O. The molecule has 92 valence electrons. The van der Waals surface area contributed by atoms with Crippen LogP contribution in [0.5, 0.6) is 0 Å². The van der Waals surface area contributed by atoms with Gasteiger partial charge in [-0.2, -0.15) is 5.10 Å². The summed E-state index contributed by atoms with van der Waals surface area (Å²) in [5.74, 6) is 0.560. The van der Waals surface area contributed by atoms with Crippen LogP contribution in [0.2, 0.25) is 0 Å². The Hall–Kier alpha value is -2.30. The van der Waals surface area contributed by atoms with Gasteiger partial charge in [-0.25, -0.2) is 0 Å². The highest BCUT2D eigenvalue weighted by Gasteiger charge is 2.20. The van der Waals surface area contributed by atoms with Gasteiger partial charge in [0, 0.05) is 24.0 Å². The van der Waals surface area contributed by atoms with Crippen molar-refractivity contribution < 1.29 is 4.79 Å². The van der Waals surface area contributed by atoms with E-state index in [2.05, 4.69) is 10.4 Å². The van der Waals surface area contributed by atoms with E-state index in [1.54, 1.807) is 4.68 Å². The predicted octanol–water partition coefficient (Wildman–Crippen LogP) is 1.47. The first-order valence-electron chi connectivity index (χ1n) is 5.78. The summed E-state index contributed by atoms with van der Waals surface area (Å²) in [5.41, 5.74) is 10.8. The van der Waals surface area contributed by atoms with Crippen LogP contribution in [0.4, 0.5) is 11.5 Å². The summed E-state index contributed by atoms with van der Waals surface area (Å²) in [6.45, 7) is 1.98. The van der Waals surface area contributed by atoms with Crippen LogP contribution in [0.15, 0.2) is 18.2 Å². The molecule has 1 aliphatic rings. The normalized spacial score (nSPS) is 13.6. The lowest BCUT2D eigenvalue weighted by Crippen LogP contribution is -2.03. The standard InChI is InChI=1S/C13H14N4O/c1-7-12(13(14)16-17(7)2)8-3-4-10-9(5-8)6-11(18)15-10/h3-5H,6H2,1-2H3,(H2,14,16)(H,15,18). The van der Waals surface area contributed by atoms with Crippen LogP contribution in [0.3, 0.4) is 0 Å². The highest BCUT2D eigenvalue weighted by molar-refractivity contribution is 6.00. The minimum absolute atomic E-state index is 0.0398. The zero-order valence-electron chi connectivity index (χ0n) is 10.3. The van der Waals surface area contributed by atoms with Gasteiger partial charge in [0.25, 0.3) is 0 Å². The van der Waals surface area contributed by atoms with Gasteiger partial charge in [0.15, 0.2) is 5.82 Å². The molecule has 0 atom stereocenters. The van der Waals surface area contributed by atoms with E-state index in [4.69, 9.17) is 5.73 Å². The lowest BCUT2D eigenvalue weighted by molar-refractivity contribution is -0.115. The van der Waals surface area contributed by atoms with Crippen LogP contribution in [0, 0.1) is 6.92 Å². The second-order valence-corrected chi connectivity index (χ2v) is 4.57. The molecule has 18 heavy (non-hydrogen) atoms. The Bertz CT molecular complexity index is 657. The van der Waals surface area contributed by atoms with Crippen LogP contribution in [0.25, 0.3) is 11.1 Å². The molecule has 2 heterocycles. The van der Waals surface area contributed by atoms with E-state index in [-0.39, 0.29) is 5.91 Å². The molecule has 0 spiro atoms. The molecule has 1 aromatic carbocycles. The molecule has 0 bridgehead atoms. The van der Waals surface area contributed by atoms with E-state index in [9.17, 15) is 4.79 Å². The maximum absolute atomic E-state index is 11.3. The van der Waals surface area contributed by atoms with Gasteiger partial charge < -0.3 is 11.1 Å². The number of carbonyl (C=O) groups excluding carboxylic acids is 1.